The molecule has 5 nitrogen and oxygen atoms in total. The Morgan fingerprint density at radius 2 is 1.34 bits per heavy atom. The molecule has 32 heavy (non-hydrogen) atoms. The fourth-order valence-electron chi connectivity index (χ4n) is 5.46. The molecule has 3 heterocycles. The summed E-state index contributed by atoms with van der Waals surface area (Å²) in [5.41, 5.74) is 3.08. The summed E-state index contributed by atoms with van der Waals surface area (Å²) in [6.07, 6.45) is 3.84. The van der Waals surface area contributed by atoms with Crippen LogP contribution in [0.1, 0.15) is 27.5 Å². The van der Waals surface area contributed by atoms with E-state index < -0.39 is 17.9 Å². The Balaban J connectivity index is 1.51. The maximum atomic E-state index is 13.7. The van der Waals surface area contributed by atoms with E-state index in [0.717, 1.165) is 11.1 Å². The van der Waals surface area contributed by atoms with E-state index >= 15 is 0 Å². The van der Waals surface area contributed by atoms with Crippen LogP contribution in [0.25, 0.3) is 6.08 Å². The van der Waals surface area contributed by atoms with Crippen molar-refractivity contribution in [2.45, 2.75) is 12.1 Å². The SMILES string of the molecule is O=C(c1ccccc1)[C@@H]1[C@@H]2C(=O)N(c3ccccc3)C(=O)[C@@H]2[C@H]2c3ccccc3C=CN12. The number of Topliss-reactive ketones (excluding diaryl/α,β-unsaturated/α-hetero) is 1. The van der Waals surface area contributed by atoms with Crippen LogP contribution < -0.4 is 4.90 Å². The van der Waals surface area contributed by atoms with Crippen LogP contribution in [0, 0.1) is 11.8 Å². The molecule has 3 aliphatic rings. The van der Waals surface area contributed by atoms with Gasteiger partial charge in [-0.2, -0.15) is 0 Å². The number of anilines is 1. The Labute approximate surface area is 185 Å². The van der Waals surface area contributed by atoms with Crippen molar-refractivity contribution in [3.05, 3.63) is 108 Å². The minimum absolute atomic E-state index is 0.136. The molecular formula is C27H20N2O3. The highest BCUT2D eigenvalue weighted by atomic mass is 16.2. The molecule has 2 fully saturated rings. The number of imide groups is 1. The van der Waals surface area contributed by atoms with Crippen molar-refractivity contribution in [2.75, 3.05) is 4.90 Å². The Bertz CT molecular complexity index is 1270. The van der Waals surface area contributed by atoms with Crippen LogP contribution in [-0.4, -0.2) is 28.5 Å². The zero-order chi connectivity index (χ0) is 21.8. The van der Waals surface area contributed by atoms with Crippen LogP contribution in [0.2, 0.25) is 0 Å². The zero-order valence-corrected chi connectivity index (χ0v) is 17.2. The number of hydrogen-bond donors (Lipinski definition) is 0. The van der Waals surface area contributed by atoms with Gasteiger partial charge in [-0.05, 0) is 29.3 Å². The molecule has 2 saturated heterocycles. The molecule has 0 aliphatic carbocycles. The van der Waals surface area contributed by atoms with Crippen molar-refractivity contribution in [1.82, 2.24) is 4.90 Å². The highest BCUT2D eigenvalue weighted by Gasteiger charge is 2.64. The highest BCUT2D eigenvalue weighted by Crippen LogP contribution is 2.53. The maximum absolute atomic E-state index is 13.7. The summed E-state index contributed by atoms with van der Waals surface area (Å²) in [5, 5.41) is 0. The Morgan fingerprint density at radius 3 is 2.09 bits per heavy atom. The molecular weight excluding hydrogens is 400 g/mol. The summed E-state index contributed by atoms with van der Waals surface area (Å²) >= 11 is 0. The van der Waals surface area contributed by atoms with Crippen LogP contribution in [0.4, 0.5) is 5.69 Å². The first kappa shape index (κ1) is 18.8. The molecule has 0 N–H and O–H groups in total. The number of nitrogens with zero attached hydrogens (tertiary/aromatic N) is 2. The minimum atomic E-state index is -0.740. The van der Waals surface area contributed by atoms with Gasteiger partial charge in [-0.3, -0.25) is 14.4 Å². The summed E-state index contributed by atoms with van der Waals surface area (Å²) in [6.45, 7) is 0. The lowest BCUT2D eigenvalue weighted by atomic mass is 9.83. The molecule has 0 bridgehead atoms. The molecule has 3 aromatic carbocycles. The fourth-order valence-corrected chi connectivity index (χ4v) is 5.46. The second-order valence-corrected chi connectivity index (χ2v) is 8.41. The van der Waals surface area contributed by atoms with Gasteiger partial charge in [-0.1, -0.05) is 72.8 Å². The number of hydrogen-bond acceptors (Lipinski definition) is 4. The van der Waals surface area contributed by atoms with Crippen molar-refractivity contribution >= 4 is 29.4 Å². The number of rotatable bonds is 3. The summed E-state index contributed by atoms with van der Waals surface area (Å²) in [4.78, 5) is 44.3. The molecule has 4 atom stereocenters. The van der Waals surface area contributed by atoms with Gasteiger partial charge < -0.3 is 4.90 Å². The molecule has 3 aliphatic heterocycles. The van der Waals surface area contributed by atoms with Crippen molar-refractivity contribution in [3.63, 3.8) is 0 Å². The van der Waals surface area contributed by atoms with E-state index in [1.165, 1.54) is 4.90 Å². The van der Waals surface area contributed by atoms with Crippen molar-refractivity contribution in [1.29, 1.82) is 0 Å². The predicted octanol–water partition coefficient (Wildman–Crippen LogP) is 4.08. The van der Waals surface area contributed by atoms with Gasteiger partial charge in [0.05, 0.1) is 23.6 Å². The number of carbonyl (C=O) groups excluding carboxylic acids is 3. The molecule has 0 radical (unpaired) electrons. The monoisotopic (exact) mass is 420 g/mol. The number of benzene rings is 3. The molecule has 6 rings (SSSR count). The first-order valence-corrected chi connectivity index (χ1v) is 10.7. The summed E-state index contributed by atoms with van der Waals surface area (Å²) in [6, 6.07) is 24.8. The third kappa shape index (κ3) is 2.54. The minimum Gasteiger partial charge on any atom is -0.358 e. The normalized spacial score (nSPS) is 25.5. The second-order valence-electron chi connectivity index (χ2n) is 8.41. The van der Waals surface area contributed by atoms with Crippen LogP contribution in [0.3, 0.4) is 0 Å². The lowest BCUT2D eigenvalue weighted by molar-refractivity contribution is -0.123. The number of ketones is 1. The number of amides is 2. The largest absolute Gasteiger partial charge is 0.358 e. The van der Waals surface area contributed by atoms with E-state index in [4.69, 9.17) is 0 Å². The van der Waals surface area contributed by atoms with E-state index in [0.29, 0.717) is 11.3 Å². The van der Waals surface area contributed by atoms with Gasteiger partial charge in [0.2, 0.25) is 11.8 Å². The van der Waals surface area contributed by atoms with E-state index in [1.807, 2.05) is 77.8 Å². The Hall–Kier alpha value is -3.99. The van der Waals surface area contributed by atoms with Crippen molar-refractivity contribution < 1.29 is 14.4 Å². The second kappa shape index (κ2) is 7.02. The zero-order valence-electron chi connectivity index (χ0n) is 17.2. The van der Waals surface area contributed by atoms with Crippen molar-refractivity contribution in [2.24, 2.45) is 11.8 Å². The third-order valence-electron chi connectivity index (χ3n) is 6.80. The van der Waals surface area contributed by atoms with Gasteiger partial charge in [0.1, 0.15) is 6.04 Å². The summed E-state index contributed by atoms with van der Waals surface area (Å²) in [7, 11) is 0. The van der Waals surface area contributed by atoms with Crippen molar-refractivity contribution in [3.8, 4) is 0 Å². The third-order valence-corrected chi connectivity index (χ3v) is 6.80. The highest BCUT2D eigenvalue weighted by molar-refractivity contribution is 6.24. The van der Waals surface area contributed by atoms with E-state index in [1.54, 1.807) is 24.3 Å². The standard InChI is InChI=1S/C27H20N2O3/c30-25(18-10-3-1-4-11-18)24-22-21(23-20-14-8-7-9-17(20)15-16-28(23)24)26(31)29(27(22)32)19-12-5-2-6-13-19/h1-16,21-24H/t21-,22+,23+,24-/m0/s1. The molecule has 2 amide bonds. The topological polar surface area (TPSA) is 57.7 Å². The van der Waals surface area contributed by atoms with Crippen LogP contribution in [0.15, 0.2) is 91.1 Å². The average molecular weight is 420 g/mol. The van der Waals surface area contributed by atoms with Crippen LogP contribution in [-0.2, 0) is 9.59 Å². The molecule has 0 spiro atoms. The molecule has 5 heteroatoms. The van der Waals surface area contributed by atoms with Gasteiger partial charge in [0.25, 0.3) is 0 Å². The molecule has 156 valence electrons. The molecule has 0 saturated carbocycles. The Kier molecular flexibility index (Phi) is 4.12. The Morgan fingerprint density at radius 1 is 0.719 bits per heavy atom. The van der Waals surface area contributed by atoms with Gasteiger partial charge in [0, 0.05) is 11.8 Å². The van der Waals surface area contributed by atoms with Gasteiger partial charge in [0.15, 0.2) is 5.78 Å². The molecule has 3 aromatic rings. The van der Waals surface area contributed by atoms with Gasteiger partial charge >= 0.3 is 0 Å². The first-order chi connectivity index (χ1) is 15.7. The average Bonchev–Trinajstić information content (AvgIpc) is 3.32. The number of para-hydroxylation sites is 1. The van der Waals surface area contributed by atoms with Gasteiger partial charge in [-0.25, -0.2) is 4.90 Å². The van der Waals surface area contributed by atoms with E-state index in [2.05, 4.69) is 0 Å². The number of fused-ring (bicyclic) bond motifs is 5. The van der Waals surface area contributed by atoms with E-state index in [-0.39, 0.29) is 23.6 Å². The molecule has 0 unspecified atom stereocenters. The van der Waals surface area contributed by atoms with E-state index in [9.17, 15) is 14.4 Å². The summed E-state index contributed by atoms with van der Waals surface area (Å²) < 4.78 is 0. The maximum Gasteiger partial charge on any atom is 0.240 e. The lowest BCUT2D eigenvalue weighted by Crippen LogP contribution is -2.44. The predicted molar refractivity (Wildman–Crippen MR) is 121 cm³/mol. The van der Waals surface area contributed by atoms with Crippen LogP contribution >= 0.6 is 0 Å². The fraction of sp³-hybridized carbons (Fsp3) is 0.148. The smallest absolute Gasteiger partial charge is 0.240 e. The molecule has 0 aromatic heterocycles. The van der Waals surface area contributed by atoms with Gasteiger partial charge in [-0.15, -0.1) is 0 Å². The van der Waals surface area contributed by atoms with Crippen LogP contribution in [0.5, 0.6) is 0 Å². The quantitative estimate of drug-likeness (QED) is 0.473. The summed E-state index contributed by atoms with van der Waals surface area (Å²) in [5.74, 6) is -2.04. The number of carbonyl (C=O) groups is 3. The first-order valence-electron chi connectivity index (χ1n) is 10.7. The lowest BCUT2D eigenvalue weighted by Gasteiger charge is -2.35.